The van der Waals surface area contributed by atoms with Gasteiger partial charge in [-0.2, -0.15) is 4.39 Å². The summed E-state index contributed by atoms with van der Waals surface area (Å²) in [6.45, 7) is 4.86. The topological polar surface area (TPSA) is 88.1 Å². The average molecular weight is 368 g/mol. The highest BCUT2D eigenvalue weighted by Crippen LogP contribution is 2.52. The summed E-state index contributed by atoms with van der Waals surface area (Å²) >= 11 is 0. The van der Waals surface area contributed by atoms with Gasteiger partial charge in [0.15, 0.2) is 12.2 Å². The maximum Gasteiger partial charge on any atom is 0.367 e. The van der Waals surface area contributed by atoms with E-state index in [0.29, 0.717) is 6.42 Å². The van der Waals surface area contributed by atoms with E-state index in [1.54, 1.807) is 0 Å². The highest BCUT2D eigenvalue weighted by Gasteiger charge is 2.72. The van der Waals surface area contributed by atoms with Gasteiger partial charge in [-0.15, -0.1) is 0 Å². The van der Waals surface area contributed by atoms with Gasteiger partial charge >= 0.3 is 17.9 Å². The Hall–Kier alpha value is -1.96. The second-order valence-corrected chi connectivity index (χ2v) is 7.46. The number of ether oxygens (including phenoxy) is 4. The highest BCUT2D eigenvalue weighted by atomic mass is 19.1. The van der Waals surface area contributed by atoms with Crippen LogP contribution in [0.2, 0.25) is 0 Å². The Morgan fingerprint density at radius 2 is 1.96 bits per heavy atom. The summed E-state index contributed by atoms with van der Waals surface area (Å²) in [5.74, 6) is -5.30. The van der Waals surface area contributed by atoms with Crippen LogP contribution in [0, 0.1) is 11.8 Å². The van der Waals surface area contributed by atoms with Crippen molar-refractivity contribution < 1.29 is 37.7 Å². The van der Waals surface area contributed by atoms with Gasteiger partial charge in [-0.05, 0) is 32.1 Å². The van der Waals surface area contributed by atoms with Gasteiger partial charge in [-0.25, -0.2) is 4.79 Å². The monoisotopic (exact) mass is 368 g/mol. The molecule has 7 nitrogen and oxygen atoms in total. The standard InChI is InChI=1S/C18H21FO7/c1-3-18(6-4-5-7-18)26-17(22)10-9-11-14(25-16(9)21)13(12(10)23-11)24-15(20)8(2)19/h9-14H,2-7H2,1H3. The lowest BCUT2D eigenvalue weighted by Gasteiger charge is -2.32. The second-order valence-electron chi connectivity index (χ2n) is 7.46. The maximum absolute atomic E-state index is 13.0. The van der Waals surface area contributed by atoms with Crippen LogP contribution in [0.5, 0.6) is 0 Å². The van der Waals surface area contributed by atoms with Crippen molar-refractivity contribution in [3.05, 3.63) is 12.4 Å². The quantitative estimate of drug-likeness (QED) is 0.414. The molecule has 1 saturated carbocycles. The Morgan fingerprint density at radius 1 is 1.27 bits per heavy atom. The zero-order valence-corrected chi connectivity index (χ0v) is 14.4. The van der Waals surface area contributed by atoms with Crippen LogP contribution in [0.1, 0.15) is 39.0 Å². The summed E-state index contributed by atoms with van der Waals surface area (Å²) in [4.78, 5) is 36.7. The van der Waals surface area contributed by atoms with E-state index < -0.39 is 65.6 Å². The number of carbonyl (C=O) groups excluding carboxylic acids is 3. The Kier molecular flexibility index (Phi) is 4.06. The molecule has 3 heterocycles. The molecule has 0 aromatic carbocycles. The minimum Gasteiger partial charge on any atom is -0.459 e. The molecule has 1 aliphatic carbocycles. The van der Waals surface area contributed by atoms with Gasteiger partial charge in [0.25, 0.3) is 0 Å². The van der Waals surface area contributed by atoms with Gasteiger partial charge in [-0.3, -0.25) is 9.59 Å². The molecule has 6 unspecified atom stereocenters. The Bertz CT molecular complexity index is 668. The molecule has 0 aromatic rings. The molecule has 8 heteroatoms. The van der Waals surface area contributed by atoms with Gasteiger partial charge in [0.05, 0.1) is 0 Å². The van der Waals surface area contributed by atoms with Crippen LogP contribution in [0.4, 0.5) is 4.39 Å². The van der Waals surface area contributed by atoms with Crippen LogP contribution in [-0.4, -0.2) is 47.9 Å². The van der Waals surface area contributed by atoms with Crippen LogP contribution < -0.4 is 0 Å². The van der Waals surface area contributed by atoms with Crippen LogP contribution in [0.15, 0.2) is 12.4 Å². The van der Waals surface area contributed by atoms with Crippen LogP contribution >= 0.6 is 0 Å². The number of esters is 3. The van der Waals surface area contributed by atoms with E-state index in [1.165, 1.54) is 0 Å². The number of rotatable bonds is 5. The number of hydrogen-bond acceptors (Lipinski definition) is 7. The number of carbonyl (C=O) groups is 3. The fourth-order valence-electron chi connectivity index (χ4n) is 4.76. The predicted molar refractivity (Wildman–Crippen MR) is 83.2 cm³/mol. The largest absolute Gasteiger partial charge is 0.459 e. The van der Waals surface area contributed by atoms with Gasteiger partial charge in [0, 0.05) is 0 Å². The summed E-state index contributed by atoms with van der Waals surface area (Å²) < 4.78 is 34.9. The van der Waals surface area contributed by atoms with Gasteiger partial charge in [-0.1, -0.05) is 13.5 Å². The zero-order valence-electron chi connectivity index (χ0n) is 14.4. The maximum atomic E-state index is 13.0. The molecule has 4 fully saturated rings. The molecule has 0 N–H and O–H groups in total. The predicted octanol–water partition coefficient (Wildman–Crippen LogP) is 1.59. The Labute approximate surface area is 149 Å². The van der Waals surface area contributed by atoms with Crippen LogP contribution in [0.3, 0.4) is 0 Å². The Balaban J connectivity index is 1.56. The van der Waals surface area contributed by atoms with Crippen LogP contribution in [-0.2, 0) is 33.3 Å². The lowest BCUT2D eigenvalue weighted by Crippen LogP contribution is -2.49. The van der Waals surface area contributed by atoms with Crippen molar-refractivity contribution in [2.45, 2.75) is 69.0 Å². The van der Waals surface area contributed by atoms with Crippen molar-refractivity contribution in [2.24, 2.45) is 11.8 Å². The molecule has 0 amide bonds. The molecule has 142 valence electrons. The first-order valence-electron chi connectivity index (χ1n) is 9.01. The Morgan fingerprint density at radius 3 is 2.58 bits per heavy atom. The normalized spacial score (nSPS) is 38.9. The fraction of sp³-hybridized carbons (Fsp3) is 0.722. The van der Waals surface area contributed by atoms with Gasteiger partial charge < -0.3 is 18.9 Å². The van der Waals surface area contributed by atoms with E-state index in [1.807, 2.05) is 6.92 Å². The first kappa shape index (κ1) is 17.5. The third kappa shape index (κ3) is 2.46. The summed E-state index contributed by atoms with van der Waals surface area (Å²) in [6, 6.07) is 0. The molecule has 3 aliphatic heterocycles. The van der Waals surface area contributed by atoms with E-state index in [2.05, 4.69) is 6.58 Å². The van der Waals surface area contributed by atoms with Gasteiger partial charge in [0.2, 0.25) is 5.83 Å². The fourth-order valence-corrected chi connectivity index (χ4v) is 4.76. The summed E-state index contributed by atoms with van der Waals surface area (Å²) in [7, 11) is 0. The van der Waals surface area contributed by atoms with E-state index in [4.69, 9.17) is 18.9 Å². The minimum atomic E-state index is -1.26. The molecule has 2 bridgehead atoms. The lowest BCUT2D eigenvalue weighted by atomic mass is 9.78. The van der Waals surface area contributed by atoms with Crippen molar-refractivity contribution in [2.75, 3.05) is 0 Å². The van der Waals surface area contributed by atoms with Crippen molar-refractivity contribution in [1.82, 2.24) is 0 Å². The van der Waals surface area contributed by atoms with Crippen molar-refractivity contribution in [1.29, 1.82) is 0 Å². The van der Waals surface area contributed by atoms with E-state index >= 15 is 0 Å². The van der Waals surface area contributed by atoms with Crippen molar-refractivity contribution >= 4 is 17.9 Å². The summed E-state index contributed by atoms with van der Waals surface area (Å²) in [6.07, 6.45) is 0.811. The SMILES string of the molecule is C=C(F)C(=O)OC1C2OC(=O)C3C2OC1C3C(=O)OC1(CC)CCCC1. The molecule has 0 radical (unpaired) electrons. The molecule has 26 heavy (non-hydrogen) atoms. The molecule has 3 saturated heterocycles. The molecule has 6 atom stereocenters. The molecular formula is C18H21FO7. The second kappa shape index (κ2) is 6.04. The molecule has 4 rings (SSSR count). The minimum absolute atomic E-state index is 0.514. The summed E-state index contributed by atoms with van der Waals surface area (Å²) in [5, 5.41) is 0. The first-order chi connectivity index (χ1) is 12.4. The molecule has 0 spiro atoms. The highest BCUT2D eigenvalue weighted by molar-refractivity contribution is 5.88. The molecule has 4 aliphatic rings. The van der Waals surface area contributed by atoms with E-state index in [0.717, 1.165) is 25.7 Å². The number of hydrogen-bond donors (Lipinski definition) is 0. The van der Waals surface area contributed by atoms with Crippen LogP contribution in [0.25, 0.3) is 0 Å². The van der Waals surface area contributed by atoms with E-state index in [-0.39, 0.29) is 0 Å². The molecule has 0 aromatic heterocycles. The summed E-state index contributed by atoms with van der Waals surface area (Å²) in [5.41, 5.74) is -0.514. The third-order valence-corrected chi connectivity index (χ3v) is 6.12. The zero-order chi connectivity index (χ0) is 18.6. The van der Waals surface area contributed by atoms with Crippen molar-refractivity contribution in [3.63, 3.8) is 0 Å². The van der Waals surface area contributed by atoms with Crippen molar-refractivity contribution in [3.8, 4) is 0 Å². The first-order valence-corrected chi connectivity index (χ1v) is 9.01. The van der Waals surface area contributed by atoms with Gasteiger partial charge in [0.1, 0.15) is 29.6 Å². The molecular weight excluding hydrogens is 347 g/mol. The number of fused-ring (bicyclic) bond motifs is 1. The number of halogens is 1. The smallest absolute Gasteiger partial charge is 0.367 e. The lowest BCUT2D eigenvalue weighted by molar-refractivity contribution is -0.172. The van der Waals surface area contributed by atoms with E-state index in [9.17, 15) is 18.8 Å². The average Bonchev–Trinajstić information content (AvgIpc) is 3.32. The third-order valence-electron chi connectivity index (χ3n) is 6.12.